The van der Waals surface area contributed by atoms with Gasteiger partial charge in [0, 0.05) is 109 Å². The van der Waals surface area contributed by atoms with Gasteiger partial charge in [0.25, 0.3) is 21.3 Å². The third-order valence-corrected chi connectivity index (χ3v) is 24.1. The van der Waals surface area contributed by atoms with E-state index in [1.807, 2.05) is 28.4 Å². The maximum absolute atomic E-state index is 12.6. The molecule has 3 aliphatic heterocycles. The number of fused-ring (bicyclic) bond motifs is 2. The number of ether oxygens (including phenoxy) is 2. The molecular formula is C56H86N22O37P6. The molecule has 9 heterocycles. The summed E-state index contributed by atoms with van der Waals surface area (Å²) in [6.07, 6.45) is 5.52. The number of likely N-dealkylation sites (tertiary alicyclic amines) is 1. The molecule has 0 saturated carbocycles. The van der Waals surface area contributed by atoms with Gasteiger partial charge in [0.05, 0.1) is 49.2 Å². The van der Waals surface area contributed by atoms with E-state index in [4.69, 9.17) is 34.8 Å². The lowest BCUT2D eigenvalue weighted by Gasteiger charge is -2.23. The highest BCUT2D eigenvalue weighted by Crippen LogP contribution is 2.67. The number of aliphatic hydroxyl groups excluding tert-OH is 2. The Bertz CT molecular complexity index is 5190. The minimum Gasteiger partial charge on any atom is -0.390 e. The number of aromatic amines is 2. The Hall–Kier alpha value is -9.27. The second-order valence-corrected chi connectivity index (χ2v) is 34.0. The summed E-state index contributed by atoms with van der Waals surface area (Å²) in [4.78, 5) is 222. The Balaban J connectivity index is 0.000000343. The number of nitrogens with one attached hydrogen (secondary N) is 8. The Morgan fingerprint density at radius 3 is 1.45 bits per heavy atom. The highest BCUT2D eigenvalue weighted by molar-refractivity contribution is 7.67. The number of hydrogen-bond acceptors (Lipinski definition) is 39. The van der Waals surface area contributed by atoms with Crippen molar-refractivity contribution < 1.29 is 147 Å². The molecule has 672 valence electrons. The fourth-order valence-electron chi connectivity index (χ4n) is 11.4. The van der Waals surface area contributed by atoms with Crippen LogP contribution >= 0.6 is 46.9 Å². The lowest BCUT2D eigenvalue weighted by atomic mass is 10.2. The van der Waals surface area contributed by atoms with Gasteiger partial charge in [0.1, 0.15) is 61.1 Å². The number of carbonyl (C=O) groups is 3. The number of urea groups is 1. The van der Waals surface area contributed by atoms with Crippen LogP contribution in [0.5, 0.6) is 0 Å². The zero-order chi connectivity index (χ0) is 89.2. The van der Waals surface area contributed by atoms with E-state index in [9.17, 15) is 111 Å². The fraction of sp³-hybridized carbons (Fsp3) is 0.554. The molecule has 3 saturated heterocycles. The molecule has 3 fully saturated rings. The number of phosphoric acid groups is 6. The molecule has 12 atom stereocenters. The second kappa shape index (κ2) is 45.2. The van der Waals surface area contributed by atoms with Crippen molar-refractivity contribution in [3.05, 3.63) is 123 Å². The van der Waals surface area contributed by atoms with Crippen molar-refractivity contribution in [2.75, 3.05) is 89.4 Å². The van der Waals surface area contributed by atoms with Gasteiger partial charge in [0.15, 0.2) is 22.9 Å². The number of H-pyrrole nitrogens is 2. The number of nitrogens with zero attached hydrogens (tertiary/aromatic N) is 13. The maximum atomic E-state index is 12.6. The lowest BCUT2D eigenvalue weighted by Crippen LogP contribution is -2.43. The van der Waals surface area contributed by atoms with E-state index in [0.717, 1.165) is 58.7 Å². The van der Waals surface area contributed by atoms with Crippen LogP contribution in [0.25, 0.3) is 34.5 Å². The van der Waals surface area contributed by atoms with E-state index in [0.29, 0.717) is 73.0 Å². The standard InChI is InChI=1S/C31H46N13O22P3.C23H34N9O15P3.C2H6/c45-22-12-25(63-23(22)16-62-68(57,58)66-69(59,60)65-67(54,55)56)42-13-19(29(47)39-31(42)49)3-4-24(46)32-6-7-33-27-26-28(37-17-36-27)41(18-38-26)9-2-1-5-34-30(48)35-8-10-40-14-21(64-44(52)53)11-20(40)15-61-43(50)51;24-5-1-2-8-31-13-29-19-20(27-12-28-21(19)31)26-7-6-25-17(34)4-3-14-10-32(23(36)30-22(14)35)18-9-15(33)16(45-18)11-44-49(40,41)47-50(42,43)46-48(37,38)39;1-2/h3-4,13,17-18,20-23,25,45H,1-2,5-12,14-16H2,(H,32,46)(H,57,58)(H,59,60)(H,33,36,37)(H2,34,35,48)(H,39,47,49)(H2,54,55,56);3-4,10,12-13,15-16,18,33H,1-2,5-9,11,24H2,(H,25,34)(H,40,41)(H,42,43)(H,26,27,28)(H,30,35,36)(H2,37,38,39);1-2H3/b2*4-3+;. The summed E-state index contributed by atoms with van der Waals surface area (Å²) < 4.78 is 108. The molecule has 59 nitrogen and oxygen atoms in total. The molecule has 0 spiro atoms. The number of rotatable bonds is 45. The molecular weight excluding hydrogens is 1760 g/mol. The van der Waals surface area contributed by atoms with E-state index >= 15 is 0 Å². The predicted molar refractivity (Wildman–Crippen MR) is 408 cm³/mol. The van der Waals surface area contributed by atoms with Gasteiger partial charge < -0.3 is 115 Å². The molecule has 0 aliphatic carbocycles. The van der Waals surface area contributed by atoms with Gasteiger partial charge in [-0.15, -0.1) is 20.2 Å². The first-order valence-electron chi connectivity index (χ1n) is 35.6. The molecule has 0 radical (unpaired) electrons. The highest BCUT2D eigenvalue weighted by atomic mass is 31.3. The molecule has 121 heavy (non-hydrogen) atoms. The Kier molecular flexibility index (Phi) is 36.9. The molecule has 12 unspecified atom stereocenters. The van der Waals surface area contributed by atoms with Crippen molar-refractivity contribution in [2.45, 2.75) is 121 Å². The van der Waals surface area contributed by atoms with E-state index in [1.54, 1.807) is 22.1 Å². The topological polar surface area (TPSA) is 833 Å². The molecule has 3 aliphatic rings. The van der Waals surface area contributed by atoms with Gasteiger partial charge in [-0.2, -0.15) is 17.2 Å². The number of anilines is 2. The van der Waals surface area contributed by atoms with Crippen molar-refractivity contribution in [3.8, 4) is 0 Å². The van der Waals surface area contributed by atoms with Crippen molar-refractivity contribution in [1.82, 2.24) is 84.3 Å². The lowest BCUT2D eigenvalue weighted by molar-refractivity contribution is -0.768. The number of amides is 4. The van der Waals surface area contributed by atoms with Crippen LogP contribution in [0.15, 0.2) is 69.0 Å². The first-order valence-corrected chi connectivity index (χ1v) is 44.7. The number of aryl methyl sites for hydroxylation is 2. The smallest absolute Gasteiger partial charge is 0.390 e. The molecule has 4 amide bonds. The molecule has 9 rings (SSSR count). The largest absolute Gasteiger partial charge is 0.490 e. The minimum atomic E-state index is -5.81. The van der Waals surface area contributed by atoms with Crippen molar-refractivity contribution in [2.24, 2.45) is 5.73 Å². The second-order valence-electron chi connectivity index (χ2n) is 25.1. The summed E-state index contributed by atoms with van der Waals surface area (Å²) in [6, 6.07) is -0.964. The van der Waals surface area contributed by atoms with Crippen LogP contribution in [-0.4, -0.2) is 256 Å². The third-order valence-electron chi connectivity index (χ3n) is 16.5. The van der Waals surface area contributed by atoms with Crippen LogP contribution in [0.3, 0.4) is 0 Å². The normalized spacial score (nSPS) is 20.7. The molecule has 20 N–H and O–H groups in total. The zero-order valence-electron chi connectivity index (χ0n) is 63.3. The first-order chi connectivity index (χ1) is 56.9. The van der Waals surface area contributed by atoms with Crippen LogP contribution in [0.1, 0.15) is 82.4 Å². The molecule has 65 heteroatoms. The van der Waals surface area contributed by atoms with Crippen molar-refractivity contribution in [3.63, 3.8) is 0 Å². The summed E-state index contributed by atoms with van der Waals surface area (Å²) in [7, 11) is -33.9. The predicted octanol–water partition coefficient (Wildman–Crippen LogP) is -2.48. The Labute approximate surface area is 678 Å². The average Bonchev–Trinajstić information content (AvgIpc) is 1.65. The maximum Gasteiger partial charge on any atom is 0.490 e. The number of aliphatic hydroxyl groups is 2. The van der Waals surface area contributed by atoms with Crippen LogP contribution in [-0.2, 0) is 95.5 Å². The molecule has 0 aromatic carbocycles. The number of hydrogen-bond donors (Lipinski definition) is 19. The average molecular weight is 1850 g/mol. The monoisotopic (exact) mass is 1840 g/mol. The van der Waals surface area contributed by atoms with Crippen LogP contribution < -0.4 is 60.1 Å². The number of aromatic nitrogens is 12. The van der Waals surface area contributed by atoms with E-state index in [-0.39, 0.29) is 82.8 Å². The van der Waals surface area contributed by atoms with Crippen LogP contribution in [0, 0.1) is 20.2 Å². The molecule has 6 aromatic heterocycles. The van der Waals surface area contributed by atoms with Gasteiger partial charge >= 0.3 is 64.3 Å². The number of unbranched alkanes of at least 4 members (excludes halogenated alkanes) is 2. The molecule has 0 bridgehead atoms. The quantitative estimate of drug-likeness (QED) is 0.00619. The third kappa shape index (κ3) is 32.5. The molecule has 6 aromatic rings. The SMILES string of the molecule is CC.NCCCCn1cnc2c(NCCNC(=O)/C=C/c3cn(C4CC(O)C(COP(=O)(O)OP(=O)(O)OP(=O)(O)O)O4)c(=O)[nH]c3=O)ncnc21.O=C(/C=C/c1cn(C2CC(O)C(COP(=O)(O)OP(=O)(O)OP(=O)(O)O)O2)c(=O)[nH]c1=O)NCCNc1ncnc2c1ncn2CCCCNC(=O)NCCN1CC(O[N+](=O)[O-])CC1CO[N+](=O)[O-]. The van der Waals surface area contributed by atoms with Gasteiger partial charge in [-0.3, -0.25) is 52.2 Å². The Morgan fingerprint density at radius 2 is 1.02 bits per heavy atom. The van der Waals surface area contributed by atoms with Gasteiger partial charge in [0.2, 0.25) is 11.8 Å². The van der Waals surface area contributed by atoms with Crippen molar-refractivity contribution >= 4 is 111 Å². The van der Waals surface area contributed by atoms with Gasteiger partial charge in [-0.1, -0.05) is 13.8 Å². The summed E-state index contributed by atoms with van der Waals surface area (Å²) in [6.45, 7) is 5.01. The van der Waals surface area contributed by atoms with E-state index in [2.05, 4.69) is 97.8 Å². The van der Waals surface area contributed by atoms with E-state index in [1.165, 1.54) is 12.7 Å². The van der Waals surface area contributed by atoms with E-state index < -0.39 is 160 Å². The van der Waals surface area contributed by atoms with Crippen LogP contribution in [0.4, 0.5) is 16.4 Å². The fourth-order valence-corrected chi connectivity index (χ4v) is 17.4. The summed E-state index contributed by atoms with van der Waals surface area (Å²) >= 11 is 0. The summed E-state index contributed by atoms with van der Waals surface area (Å²) in [5.41, 5.74) is 3.65. The number of phosphoric ester groups is 2. The number of carbonyl (C=O) groups excluding carboxylic acids is 3. The van der Waals surface area contributed by atoms with Gasteiger partial charge in [-0.25, -0.2) is 71.7 Å². The summed E-state index contributed by atoms with van der Waals surface area (Å²) in [5, 5.41) is 57.0. The van der Waals surface area contributed by atoms with Crippen molar-refractivity contribution in [1.29, 1.82) is 0 Å². The number of nitrogens with two attached hydrogens (primary N) is 1. The zero-order valence-corrected chi connectivity index (χ0v) is 68.7. The highest BCUT2D eigenvalue weighted by Gasteiger charge is 2.45. The van der Waals surface area contributed by atoms with Gasteiger partial charge in [-0.05, 0) is 50.8 Å². The Morgan fingerprint density at radius 1 is 0.570 bits per heavy atom. The minimum absolute atomic E-state index is 0.0679. The summed E-state index contributed by atoms with van der Waals surface area (Å²) in [5.74, 6) is -0.380. The van der Waals surface area contributed by atoms with Crippen LogP contribution in [0.2, 0.25) is 0 Å². The first kappa shape index (κ1) is 98.8. The number of imidazole rings is 2.